The van der Waals surface area contributed by atoms with Crippen molar-refractivity contribution in [3.8, 4) is 0 Å². The SMILES string of the molecule is CCCCCCC(=O)N1CCC(C)(C(=O)O)C1. The average Bonchev–Trinajstić information content (AvgIpc) is 2.69. The van der Waals surface area contributed by atoms with Gasteiger partial charge in [-0.15, -0.1) is 0 Å². The highest BCUT2D eigenvalue weighted by atomic mass is 16.4. The molecule has 0 aliphatic carbocycles. The number of aliphatic carboxylic acids is 1. The third-order valence-electron chi connectivity index (χ3n) is 3.59. The minimum absolute atomic E-state index is 0.117. The van der Waals surface area contributed by atoms with Crippen LogP contribution in [0.25, 0.3) is 0 Å². The van der Waals surface area contributed by atoms with Gasteiger partial charge in [-0.05, 0) is 19.8 Å². The molecular weight excluding hydrogens is 218 g/mol. The summed E-state index contributed by atoms with van der Waals surface area (Å²) < 4.78 is 0. The number of likely N-dealkylation sites (tertiary alicyclic amines) is 1. The van der Waals surface area contributed by atoms with Crippen LogP contribution in [-0.4, -0.2) is 35.0 Å². The summed E-state index contributed by atoms with van der Waals surface area (Å²) in [6.45, 7) is 4.82. The lowest BCUT2D eigenvalue weighted by molar-refractivity contribution is -0.147. The van der Waals surface area contributed by atoms with Crippen molar-refractivity contribution < 1.29 is 14.7 Å². The molecule has 0 bridgehead atoms. The van der Waals surface area contributed by atoms with E-state index < -0.39 is 11.4 Å². The van der Waals surface area contributed by atoms with Gasteiger partial charge in [0.05, 0.1) is 5.41 Å². The molecule has 1 N–H and O–H groups in total. The van der Waals surface area contributed by atoms with E-state index in [0.717, 1.165) is 19.3 Å². The Kier molecular flexibility index (Phi) is 4.97. The van der Waals surface area contributed by atoms with Gasteiger partial charge in [0, 0.05) is 19.5 Å². The Balaban J connectivity index is 2.33. The van der Waals surface area contributed by atoms with Crippen LogP contribution in [0.2, 0.25) is 0 Å². The Morgan fingerprint density at radius 2 is 2.00 bits per heavy atom. The highest BCUT2D eigenvalue weighted by Crippen LogP contribution is 2.30. The minimum Gasteiger partial charge on any atom is -0.481 e. The smallest absolute Gasteiger partial charge is 0.311 e. The molecule has 1 aliphatic rings. The van der Waals surface area contributed by atoms with E-state index in [2.05, 4.69) is 6.92 Å². The second-order valence-corrected chi connectivity index (χ2v) is 5.24. The maximum atomic E-state index is 11.9. The largest absolute Gasteiger partial charge is 0.481 e. The topological polar surface area (TPSA) is 57.6 Å². The Bertz CT molecular complexity index is 290. The molecule has 1 saturated heterocycles. The van der Waals surface area contributed by atoms with Crippen LogP contribution in [-0.2, 0) is 9.59 Å². The minimum atomic E-state index is -0.793. The van der Waals surface area contributed by atoms with Crippen LogP contribution in [0.3, 0.4) is 0 Å². The Morgan fingerprint density at radius 1 is 1.29 bits per heavy atom. The first kappa shape index (κ1) is 14.0. The molecule has 1 atom stereocenters. The molecule has 1 rings (SSSR count). The summed E-state index contributed by atoms with van der Waals surface area (Å²) >= 11 is 0. The van der Waals surface area contributed by atoms with E-state index in [1.54, 1.807) is 11.8 Å². The lowest BCUT2D eigenvalue weighted by Crippen LogP contribution is -2.34. The van der Waals surface area contributed by atoms with Crippen molar-refractivity contribution >= 4 is 11.9 Å². The van der Waals surface area contributed by atoms with Crippen molar-refractivity contribution in [2.45, 2.75) is 52.4 Å². The van der Waals surface area contributed by atoms with Gasteiger partial charge in [0.25, 0.3) is 0 Å². The second kappa shape index (κ2) is 6.03. The van der Waals surface area contributed by atoms with Crippen LogP contribution in [0.4, 0.5) is 0 Å². The summed E-state index contributed by atoms with van der Waals surface area (Å²) in [5, 5.41) is 9.08. The van der Waals surface area contributed by atoms with E-state index in [1.165, 1.54) is 6.42 Å². The molecule has 17 heavy (non-hydrogen) atoms. The maximum absolute atomic E-state index is 11.9. The van der Waals surface area contributed by atoms with Crippen molar-refractivity contribution in [1.82, 2.24) is 4.90 Å². The fourth-order valence-electron chi connectivity index (χ4n) is 2.21. The molecule has 0 aromatic heterocycles. The molecule has 1 heterocycles. The number of unbranched alkanes of at least 4 members (excludes halogenated alkanes) is 3. The predicted octanol–water partition coefficient (Wildman–Crippen LogP) is 2.28. The van der Waals surface area contributed by atoms with Gasteiger partial charge < -0.3 is 10.0 Å². The molecule has 98 valence electrons. The average molecular weight is 241 g/mol. The van der Waals surface area contributed by atoms with E-state index >= 15 is 0 Å². The monoisotopic (exact) mass is 241 g/mol. The standard InChI is InChI=1S/C13H23NO3/c1-3-4-5-6-7-11(15)14-9-8-13(2,10-14)12(16)17/h3-10H2,1-2H3,(H,16,17). The van der Waals surface area contributed by atoms with E-state index in [9.17, 15) is 9.59 Å². The molecule has 1 fully saturated rings. The molecule has 1 aliphatic heterocycles. The quantitative estimate of drug-likeness (QED) is 0.726. The zero-order chi connectivity index (χ0) is 12.9. The number of rotatable bonds is 6. The van der Waals surface area contributed by atoms with Gasteiger partial charge in [-0.3, -0.25) is 9.59 Å². The van der Waals surface area contributed by atoms with Crippen molar-refractivity contribution in [3.05, 3.63) is 0 Å². The third kappa shape index (κ3) is 3.72. The molecule has 1 unspecified atom stereocenters. The van der Waals surface area contributed by atoms with E-state index in [0.29, 0.717) is 25.9 Å². The Morgan fingerprint density at radius 3 is 2.53 bits per heavy atom. The Hall–Kier alpha value is -1.06. The highest BCUT2D eigenvalue weighted by Gasteiger charge is 2.41. The number of carboxylic acids is 1. The van der Waals surface area contributed by atoms with Crippen LogP contribution in [0.5, 0.6) is 0 Å². The summed E-state index contributed by atoms with van der Waals surface area (Å²) in [5.41, 5.74) is -0.737. The fraction of sp³-hybridized carbons (Fsp3) is 0.846. The Labute approximate surface area is 103 Å². The number of carboxylic acid groups (broad SMARTS) is 1. The molecule has 1 amide bonds. The lowest BCUT2D eigenvalue weighted by Gasteiger charge is -2.20. The van der Waals surface area contributed by atoms with Gasteiger partial charge in [-0.25, -0.2) is 0 Å². The molecule has 0 aromatic carbocycles. The summed E-state index contributed by atoms with van der Waals surface area (Å²) in [6.07, 6.45) is 5.48. The normalized spacial score (nSPS) is 24.0. The summed E-state index contributed by atoms with van der Waals surface area (Å²) in [6, 6.07) is 0. The first-order valence-corrected chi connectivity index (χ1v) is 6.51. The molecule has 0 aromatic rings. The van der Waals surface area contributed by atoms with Crippen molar-refractivity contribution in [2.24, 2.45) is 5.41 Å². The number of nitrogens with zero attached hydrogens (tertiary/aromatic N) is 1. The van der Waals surface area contributed by atoms with Crippen LogP contribution < -0.4 is 0 Å². The van der Waals surface area contributed by atoms with Crippen molar-refractivity contribution in [2.75, 3.05) is 13.1 Å². The van der Waals surface area contributed by atoms with Crippen LogP contribution in [0.1, 0.15) is 52.4 Å². The first-order chi connectivity index (χ1) is 7.99. The number of hydrogen-bond donors (Lipinski definition) is 1. The van der Waals surface area contributed by atoms with Gasteiger partial charge in [0.2, 0.25) is 5.91 Å². The van der Waals surface area contributed by atoms with Gasteiger partial charge in [0.15, 0.2) is 0 Å². The summed E-state index contributed by atoms with van der Waals surface area (Å²) in [5.74, 6) is -0.676. The molecular formula is C13H23NO3. The second-order valence-electron chi connectivity index (χ2n) is 5.24. The first-order valence-electron chi connectivity index (χ1n) is 6.51. The number of hydrogen-bond acceptors (Lipinski definition) is 2. The molecule has 4 heteroatoms. The van der Waals surface area contributed by atoms with E-state index in [1.807, 2.05) is 0 Å². The van der Waals surface area contributed by atoms with E-state index in [-0.39, 0.29) is 5.91 Å². The number of carbonyl (C=O) groups is 2. The van der Waals surface area contributed by atoms with Crippen LogP contribution in [0.15, 0.2) is 0 Å². The zero-order valence-corrected chi connectivity index (χ0v) is 10.9. The predicted molar refractivity (Wildman–Crippen MR) is 65.7 cm³/mol. The molecule has 0 radical (unpaired) electrons. The van der Waals surface area contributed by atoms with Gasteiger partial charge in [-0.2, -0.15) is 0 Å². The molecule has 0 spiro atoms. The van der Waals surface area contributed by atoms with Crippen LogP contribution >= 0.6 is 0 Å². The van der Waals surface area contributed by atoms with E-state index in [4.69, 9.17) is 5.11 Å². The van der Waals surface area contributed by atoms with Crippen molar-refractivity contribution in [3.63, 3.8) is 0 Å². The third-order valence-corrected chi connectivity index (χ3v) is 3.59. The zero-order valence-electron chi connectivity index (χ0n) is 10.9. The summed E-state index contributed by atoms with van der Waals surface area (Å²) in [7, 11) is 0. The van der Waals surface area contributed by atoms with Crippen molar-refractivity contribution in [1.29, 1.82) is 0 Å². The fourth-order valence-corrected chi connectivity index (χ4v) is 2.21. The molecule has 4 nitrogen and oxygen atoms in total. The maximum Gasteiger partial charge on any atom is 0.311 e. The number of amides is 1. The van der Waals surface area contributed by atoms with Gasteiger partial charge >= 0.3 is 5.97 Å². The van der Waals surface area contributed by atoms with Gasteiger partial charge in [-0.1, -0.05) is 26.2 Å². The highest BCUT2D eigenvalue weighted by molar-refractivity contribution is 5.80. The van der Waals surface area contributed by atoms with Gasteiger partial charge in [0.1, 0.15) is 0 Å². The lowest BCUT2D eigenvalue weighted by atomic mass is 9.90. The number of carbonyl (C=O) groups excluding carboxylic acids is 1. The van der Waals surface area contributed by atoms with Crippen LogP contribution in [0, 0.1) is 5.41 Å². The summed E-state index contributed by atoms with van der Waals surface area (Å²) in [4.78, 5) is 24.6. The molecule has 0 saturated carbocycles.